The van der Waals surface area contributed by atoms with E-state index in [4.69, 9.17) is 5.26 Å². The Bertz CT molecular complexity index is 391. The Hall–Kier alpha value is -1.01. The minimum Gasteiger partial charge on any atom is -0.379 e. The van der Waals surface area contributed by atoms with Gasteiger partial charge in [0.1, 0.15) is 6.07 Å². The van der Waals surface area contributed by atoms with E-state index in [0.29, 0.717) is 5.56 Å². The summed E-state index contributed by atoms with van der Waals surface area (Å²) in [6.07, 6.45) is 1.01. The van der Waals surface area contributed by atoms with Crippen LogP contribution in [0.3, 0.4) is 0 Å². The summed E-state index contributed by atoms with van der Waals surface area (Å²) in [5.41, 5.74) is 1.58. The Morgan fingerprint density at radius 3 is 2.67 bits per heavy atom. The van der Waals surface area contributed by atoms with Gasteiger partial charge in [0.25, 0.3) is 0 Å². The molecule has 3 heteroatoms. The molecule has 1 N–H and O–H groups in total. The molecule has 0 aliphatic rings. The van der Waals surface area contributed by atoms with Gasteiger partial charge < -0.3 is 5.32 Å². The second-order valence-electron chi connectivity index (χ2n) is 4.16. The number of hydrogen-bond acceptors (Lipinski definition) is 2. The maximum atomic E-state index is 9.00. The quantitative estimate of drug-likeness (QED) is 0.900. The molecule has 0 fully saturated rings. The molecule has 0 aromatic heterocycles. The highest BCUT2D eigenvalue weighted by atomic mass is 79.9. The minimum atomic E-state index is 0.0133. The van der Waals surface area contributed by atoms with Crippen LogP contribution in [0.4, 0.5) is 5.69 Å². The van der Waals surface area contributed by atoms with E-state index in [9.17, 15) is 0 Å². The molecule has 0 amide bonds. The van der Waals surface area contributed by atoms with Crippen LogP contribution in [0.25, 0.3) is 0 Å². The predicted octanol–water partition coefficient (Wildman–Crippen LogP) is 3.92. The average Bonchev–Trinajstić information content (AvgIpc) is 2.20. The van der Waals surface area contributed by atoms with Gasteiger partial charge in [0.2, 0.25) is 0 Å². The number of benzene rings is 1. The molecule has 0 bridgehead atoms. The van der Waals surface area contributed by atoms with E-state index in [1.807, 2.05) is 18.2 Å². The van der Waals surface area contributed by atoms with Crippen LogP contribution in [-0.4, -0.2) is 5.54 Å². The van der Waals surface area contributed by atoms with Crippen LogP contribution in [-0.2, 0) is 0 Å². The van der Waals surface area contributed by atoms with Gasteiger partial charge in [0.15, 0.2) is 0 Å². The first kappa shape index (κ1) is 12.1. The van der Waals surface area contributed by atoms with Gasteiger partial charge in [-0.25, -0.2) is 0 Å². The molecule has 0 saturated heterocycles. The summed E-state index contributed by atoms with van der Waals surface area (Å²) in [6.45, 7) is 6.37. The van der Waals surface area contributed by atoms with Crippen LogP contribution >= 0.6 is 15.9 Å². The zero-order chi connectivity index (χ0) is 11.5. The lowest BCUT2D eigenvalue weighted by molar-refractivity contribution is 0.547. The summed E-state index contributed by atoms with van der Waals surface area (Å²) in [4.78, 5) is 0. The lowest BCUT2D eigenvalue weighted by Crippen LogP contribution is -2.29. The van der Waals surface area contributed by atoms with Gasteiger partial charge in [-0.3, -0.25) is 0 Å². The molecule has 0 heterocycles. The number of nitrogens with one attached hydrogen (secondary N) is 1. The third kappa shape index (κ3) is 3.24. The third-order valence-electron chi connectivity index (χ3n) is 2.46. The van der Waals surface area contributed by atoms with E-state index in [0.717, 1.165) is 16.6 Å². The molecule has 0 spiro atoms. The van der Waals surface area contributed by atoms with Crippen molar-refractivity contribution < 1.29 is 0 Å². The van der Waals surface area contributed by atoms with Crippen molar-refractivity contribution >= 4 is 21.6 Å². The van der Waals surface area contributed by atoms with Crippen molar-refractivity contribution in [3.63, 3.8) is 0 Å². The number of hydrogen-bond donors (Lipinski definition) is 1. The maximum absolute atomic E-state index is 9.00. The minimum absolute atomic E-state index is 0.0133. The second kappa shape index (κ2) is 4.67. The van der Waals surface area contributed by atoms with Gasteiger partial charge >= 0.3 is 0 Å². The normalized spacial score (nSPS) is 10.9. The van der Waals surface area contributed by atoms with Crippen LogP contribution in [0.15, 0.2) is 22.7 Å². The molecular formula is C12H15BrN2. The zero-order valence-electron chi connectivity index (χ0n) is 9.26. The van der Waals surface area contributed by atoms with E-state index in [-0.39, 0.29) is 5.54 Å². The first-order chi connectivity index (χ1) is 6.98. The monoisotopic (exact) mass is 266 g/mol. The highest BCUT2D eigenvalue weighted by Crippen LogP contribution is 2.24. The van der Waals surface area contributed by atoms with Crippen molar-refractivity contribution in [2.45, 2.75) is 32.7 Å². The van der Waals surface area contributed by atoms with Gasteiger partial charge in [-0.1, -0.05) is 22.9 Å². The summed E-state index contributed by atoms with van der Waals surface area (Å²) >= 11 is 3.35. The van der Waals surface area contributed by atoms with E-state index in [1.54, 1.807) is 0 Å². The first-order valence-electron chi connectivity index (χ1n) is 4.96. The summed E-state index contributed by atoms with van der Waals surface area (Å²) in [7, 11) is 0. The van der Waals surface area contributed by atoms with Crippen LogP contribution in [0, 0.1) is 11.3 Å². The topological polar surface area (TPSA) is 35.8 Å². The average molecular weight is 267 g/mol. The molecule has 0 aliphatic carbocycles. The summed E-state index contributed by atoms with van der Waals surface area (Å²) in [5, 5.41) is 12.4. The molecule has 1 aromatic carbocycles. The summed E-state index contributed by atoms with van der Waals surface area (Å²) < 4.78 is 0.930. The molecule has 0 atom stereocenters. The Labute approximate surface area is 99.4 Å². The Balaban J connectivity index is 3.01. The number of halogens is 1. The maximum Gasteiger partial charge on any atom is 0.101 e. The third-order valence-corrected chi connectivity index (χ3v) is 2.95. The molecule has 0 unspecified atom stereocenters. The van der Waals surface area contributed by atoms with Crippen molar-refractivity contribution in [3.8, 4) is 6.07 Å². The highest BCUT2D eigenvalue weighted by Gasteiger charge is 2.15. The van der Waals surface area contributed by atoms with Crippen molar-refractivity contribution in [2.24, 2.45) is 0 Å². The lowest BCUT2D eigenvalue weighted by atomic mass is 10.0. The molecule has 0 aliphatic heterocycles. The van der Waals surface area contributed by atoms with E-state index in [1.165, 1.54) is 0 Å². The molecule has 15 heavy (non-hydrogen) atoms. The smallest absolute Gasteiger partial charge is 0.101 e. The van der Waals surface area contributed by atoms with Gasteiger partial charge in [-0.2, -0.15) is 5.26 Å². The Morgan fingerprint density at radius 1 is 1.47 bits per heavy atom. The predicted molar refractivity (Wildman–Crippen MR) is 66.8 cm³/mol. The standard InChI is InChI=1S/C12H15BrN2/c1-4-12(2,3)15-11-6-5-10(13)7-9(11)8-14/h5-7,15H,4H2,1-3H3. The number of nitrogens with zero attached hydrogens (tertiary/aromatic N) is 1. The van der Waals surface area contributed by atoms with Gasteiger partial charge in [-0.05, 0) is 38.5 Å². The van der Waals surface area contributed by atoms with E-state index in [2.05, 4.69) is 48.1 Å². The SMILES string of the molecule is CCC(C)(C)Nc1ccc(Br)cc1C#N. The number of nitriles is 1. The van der Waals surface area contributed by atoms with Crippen molar-refractivity contribution in [3.05, 3.63) is 28.2 Å². The summed E-state index contributed by atoms with van der Waals surface area (Å²) in [5.74, 6) is 0. The fraction of sp³-hybridized carbons (Fsp3) is 0.417. The molecule has 1 aromatic rings. The zero-order valence-corrected chi connectivity index (χ0v) is 10.9. The molecule has 1 rings (SSSR count). The Morgan fingerprint density at radius 2 is 2.13 bits per heavy atom. The van der Waals surface area contributed by atoms with Gasteiger partial charge in [0, 0.05) is 10.0 Å². The van der Waals surface area contributed by atoms with Crippen LogP contribution in [0.1, 0.15) is 32.8 Å². The largest absolute Gasteiger partial charge is 0.379 e. The van der Waals surface area contributed by atoms with Crippen molar-refractivity contribution in [1.29, 1.82) is 5.26 Å². The first-order valence-corrected chi connectivity index (χ1v) is 5.75. The molecular weight excluding hydrogens is 252 g/mol. The van der Waals surface area contributed by atoms with Gasteiger partial charge in [0.05, 0.1) is 11.3 Å². The molecule has 80 valence electrons. The summed E-state index contributed by atoms with van der Waals surface area (Å²) in [6, 6.07) is 7.89. The lowest BCUT2D eigenvalue weighted by Gasteiger charge is -2.26. The molecule has 2 nitrogen and oxygen atoms in total. The number of rotatable bonds is 3. The molecule has 0 radical (unpaired) electrons. The fourth-order valence-electron chi connectivity index (χ4n) is 1.17. The second-order valence-corrected chi connectivity index (χ2v) is 5.08. The fourth-order valence-corrected chi connectivity index (χ4v) is 1.53. The van der Waals surface area contributed by atoms with Crippen molar-refractivity contribution in [2.75, 3.05) is 5.32 Å². The van der Waals surface area contributed by atoms with Crippen LogP contribution in [0.2, 0.25) is 0 Å². The van der Waals surface area contributed by atoms with Crippen LogP contribution in [0.5, 0.6) is 0 Å². The van der Waals surface area contributed by atoms with Crippen molar-refractivity contribution in [1.82, 2.24) is 0 Å². The Kier molecular flexibility index (Phi) is 3.76. The number of anilines is 1. The van der Waals surface area contributed by atoms with E-state index >= 15 is 0 Å². The van der Waals surface area contributed by atoms with Gasteiger partial charge in [-0.15, -0.1) is 0 Å². The highest BCUT2D eigenvalue weighted by molar-refractivity contribution is 9.10. The molecule has 0 saturated carbocycles. The van der Waals surface area contributed by atoms with E-state index < -0.39 is 0 Å². The van der Waals surface area contributed by atoms with Crippen LogP contribution < -0.4 is 5.32 Å².